The van der Waals surface area contributed by atoms with Gasteiger partial charge in [-0.25, -0.2) is 18.4 Å². The Kier molecular flexibility index (Phi) is 11.6. The number of piperidine rings is 1. The summed E-state index contributed by atoms with van der Waals surface area (Å²) >= 11 is 6.69. The van der Waals surface area contributed by atoms with Gasteiger partial charge >= 0.3 is 0 Å². The molecule has 17 heteroatoms. The average molecular weight is 800 g/mol. The lowest BCUT2D eigenvalue weighted by atomic mass is 9.77. The van der Waals surface area contributed by atoms with Crippen LogP contribution in [0.25, 0.3) is 0 Å². The van der Waals surface area contributed by atoms with E-state index in [2.05, 4.69) is 31.4 Å². The van der Waals surface area contributed by atoms with Gasteiger partial charge in [0.25, 0.3) is 11.8 Å². The Balaban J connectivity index is 0.999. The number of hydrogen-bond acceptors (Lipinski definition) is 12. The number of nitrogens with zero attached hydrogens (tertiary/aromatic N) is 4. The maximum absolute atomic E-state index is 13.1. The Morgan fingerprint density at radius 3 is 2.45 bits per heavy atom. The van der Waals surface area contributed by atoms with Crippen molar-refractivity contribution in [3.63, 3.8) is 0 Å². The number of nitriles is 1. The van der Waals surface area contributed by atoms with E-state index in [4.69, 9.17) is 21.1 Å². The molecule has 0 bridgehead atoms. The Morgan fingerprint density at radius 2 is 1.73 bits per heavy atom. The van der Waals surface area contributed by atoms with E-state index in [-0.39, 0.29) is 36.5 Å². The summed E-state index contributed by atoms with van der Waals surface area (Å²) in [6, 6.07) is 18.7. The van der Waals surface area contributed by atoms with Gasteiger partial charge in [0.2, 0.25) is 27.8 Å². The van der Waals surface area contributed by atoms with Crippen molar-refractivity contribution >= 4 is 56.9 Å². The van der Waals surface area contributed by atoms with Crippen LogP contribution < -0.4 is 24.8 Å². The zero-order valence-electron chi connectivity index (χ0n) is 30.7. The fraction of sp³-hybridized carbons (Fsp3) is 0.308. The topological polar surface area (TPSA) is 210 Å². The minimum absolute atomic E-state index is 0.0391. The van der Waals surface area contributed by atoms with E-state index in [9.17, 15) is 32.9 Å². The molecule has 0 spiro atoms. The molecule has 1 aromatic heterocycles. The third-order valence-corrected chi connectivity index (χ3v) is 10.3. The fourth-order valence-corrected chi connectivity index (χ4v) is 7.09. The quantitative estimate of drug-likeness (QED) is 0.108. The van der Waals surface area contributed by atoms with Crippen LogP contribution in [0.15, 0.2) is 66.9 Å². The van der Waals surface area contributed by atoms with Crippen molar-refractivity contribution in [1.82, 2.24) is 20.2 Å². The van der Waals surface area contributed by atoms with E-state index < -0.39 is 45.1 Å². The van der Waals surface area contributed by atoms with Gasteiger partial charge in [-0.15, -0.1) is 0 Å². The highest BCUT2D eigenvalue weighted by atomic mass is 35.5. The van der Waals surface area contributed by atoms with Crippen LogP contribution in [0.4, 0.5) is 11.6 Å². The second-order valence-electron chi connectivity index (χ2n) is 13.8. The van der Waals surface area contributed by atoms with Gasteiger partial charge in [0, 0.05) is 30.3 Å². The molecule has 6 rings (SSSR count). The number of carbonyl (C=O) groups excluding carboxylic acids is 4. The molecule has 1 unspecified atom stereocenters. The van der Waals surface area contributed by atoms with Crippen molar-refractivity contribution in [1.29, 1.82) is 5.26 Å². The predicted octanol–water partition coefficient (Wildman–Crippen LogP) is 4.95. The Hall–Kier alpha value is -6.05. The van der Waals surface area contributed by atoms with Crippen molar-refractivity contribution in [2.24, 2.45) is 0 Å². The SMILES string of the molecule is CC(C)(c1ccc(OCc2ccnc(NS(C)(=O)=O)n2)cc1)c1cc(Cl)c(OCCCCNc2ccc3c(c2)C(=O)N(C2CCC(=O)NC2=O)C3=O)c(C#N)c1. The molecule has 1 atom stereocenters. The molecule has 0 radical (unpaired) electrons. The van der Waals surface area contributed by atoms with Gasteiger partial charge in [-0.2, -0.15) is 5.26 Å². The molecule has 4 aromatic rings. The van der Waals surface area contributed by atoms with E-state index >= 15 is 0 Å². The van der Waals surface area contributed by atoms with Crippen LogP contribution in [-0.2, 0) is 31.6 Å². The zero-order chi connectivity index (χ0) is 40.2. The second kappa shape index (κ2) is 16.4. The standard InChI is InChI=1S/C39H38ClN7O8S/c1-39(2,24-6-9-28(10-7-24)55-22-27-14-16-43-38(44-27)46-56(3,52)53)25-18-23(21-41)34(31(40)19-25)54-17-5-4-15-42-26-8-11-29-30(20-26)37(51)47(36(29)50)32-12-13-33(48)45-35(32)49/h6-11,14,16,18-20,32,42H,4-5,12-13,15,17,22H2,1-3H3,(H,43,44,46)(H,45,48,49). The maximum Gasteiger partial charge on any atom is 0.262 e. The van der Waals surface area contributed by atoms with E-state index in [1.165, 1.54) is 6.20 Å². The van der Waals surface area contributed by atoms with Crippen LogP contribution in [-0.4, -0.2) is 72.4 Å². The zero-order valence-corrected chi connectivity index (χ0v) is 32.3. The molecule has 56 heavy (non-hydrogen) atoms. The Morgan fingerprint density at radius 1 is 0.982 bits per heavy atom. The van der Waals surface area contributed by atoms with Gasteiger partial charge < -0.3 is 14.8 Å². The van der Waals surface area contributed by atoms with Crippen LogP contribution >= 0.6 is 11.6 Å². The average Bonchev–Trinajstić information content (AvgIpc) is 3.40. The molecule has 4 amide bonds. The molecule has 3 aromatic carbocycles. The summed E-state index contributed by atoms with van der Waals surface area (Å²) in [4.78, 5) is 58.9. The molecular formula is C39H38ClN7O8S. The van der Waals surface area contributed by atoms with Crippen molar-refractivity contribution in [2.45, 2.75) is 57.6 Å². The highest BCUT2D eigenvalue weighted by Crippen LogP contribution is 2.39. The molecule has 3 heterocycles. The van der Waals surface area contributed by atoms with E-state index in [0.717, 1.165) is 22.3 Å². The van der Waals surface area contributed by atoms with Crippen molar-refractivity contribution < 1.29 is 37.1 Å². The van der Waals surface area contributed by atoms with E-state index in [0.29, 0.717) is 59.5 Å². The number of imide groups is 2. The number of amides is 4. The van der Waals surface area contributed by atoms with Crippen molar-refractivity contribution in [2.75, 3.05) is 29.4 Å². The number of fused-ring (bicyclic) bond motifs is 1. The molecular weight excluding hydrogens is 762 g/mol. The van der Waals surface area contributed by atoms with Crippen molar-refractivity contribution in [3.8, 4) is 17.6 Å². The largest absolute Gasteiger partial charge is 0.491 e. The summed E-state index contributed by atoms with van der Waals surface area (Å²) in [6.45, 7) is 4.95. The minimum Gasteiger partial charge on any atom is -0.491 e. The summed E-state index contributed by atoms with van der Waals surface area (Å²) < 4.78 is 37.1. The van der Waals surface area contributed by atoms with Gasteiger partial charge in [0.05, 0.1) is 40.3 Å². The maximum atomic E-state index is 13.1. The number of hydrogen-bond donors (Lipinski definition) is 3. The Labute approximate surface area is 328 Å². The highest BCUT2D eigenvalue weighted by Gasteiger charge is 2.44. The van der Waals surface area contributed by atoms with Crippen LogP contribution in [0.3, 0.4) is 0 Å². The molecule has 1 fully saturated rings. The number of halogens is 1. The first kappa shape index (κ1) is 39.6. The minimum atomic E-state index is -3.52. The molecule has 3 N–H and O–H groups in total. The van der Waals surface area contributed by atoms with Crippen LogP contribution in [0, 0.1) is 11.3 Å². The Bertz CT molecular complexity index is 2360. The summed E-state index contributed by atoms with van der Waals surface area (Å²) in [5.74, 6) is -1.38. The van der Waals surface area contributed by atoms with Gasteiger partial charge in [0.1, 0.15) is 24.5 Å². The van der Waals surface area contributed by atoms with E-state index in [1.807, 2.05) is 38.1 Å². The molecule has 0 aliphatic carbocycles. The molecule has 0 saturated carbocycles. The van der Waals surface area contributed by atoms with Crippen molar-refractivity contribution in [3.05, 3.63) is 105 Å². The lowest BCUT2D eigenvalue weighted by Crippen LogP contribution is -2.54. The fourth-order valence-electron chi connectivity index (χ4n) is 6.38. The summed E-state index contributed by atoms with van der Waals surface area (Å²) in [5, 5.41) is 15.8. The first-order chi connectivity index (χ1) is 26.6. The predicted molar refractivity (Wildman–Crippen MR) is 206 cm³/mol. The van der Waals surface area contributed by atoms with Crippen LogP contribution in [0.5, 0.6) is 11.5 Å². The number of rotatable bonds is 15. The number of benzene rings is 3. The number of nitrogens with one attached hydrogen (secondary N) is 3. The smallest absolute Gasteiger partial charge is 0.262 e. The summed E-state index contributed by atoms with van der Waals surface area (Å²) in [5.41, 5.74) is 3.04. The van der Waals surface area contributed by atoms with Crippen LogP contribution in [0.1, 0.15) is 82.6 Å². The number of carbonyl (C=O) groups is 4. The molecule has 15 nitrogen and oxygen atoms in total. The van der Waals surface area contributed by atoms with Gasteiger partial charge in [-0.3, -0.25) is 34.1 Å². The molecule has 2 aliphatic rings. The lowest BCUT2D eigenvalue weighted by molar-refractivity contribution is -0.136. The summed E-state index contributed by atoms with van der Waals surface area (Å²) in [6.07, 6.45) is 3.90. The van der Waals surface area contributed by atoms with Gasteiger partial charge in [-0.05, 0) is 78.9 Å². The number of aromatic nitrogens is 2. The number of sulfonamides is 1. The van der Waals surface area contributed by atoms with E-state index in [1.54, 1.807) is 36.4 Å². The second-order valence-corrected chi connectivity index (χ2v) is 16.0. The molecule has 1 saturated heterocycles. The lowest BCUT2D eigenvalue weighted by Gasteiger charge is -2.27. The van der Waals surface area contributed by atoms with Gasteiger partial charge in [0.15, 0.2) is 5.75 Å². The number of anilines is 2. The number of unbranched alkanes of at least 4 members (excludes halogenated alkanes) is 1. The molecule has 2 aliphatic heterocycles. The van der Waals surface area contributed by atoms with Crippen LogP contribution in [0.2, 0.25) is 5.02 Å². The first-order valence-electron chi connectivity index (χ1n) is 17.6. The molecule has 290 valence electrons. The summed E-state index contributed by atoms with van der Waals surface area (Å²) in [7, 11) is -3.52. The normalized spacial score (nSPS) is 15.6. The third-order valence-electron chi connectivity index (χ3n) is 9.42. The highest BCUT2D eigenvalue weighted by molar-refractivity contribution is 7.92. The third kappa shape index (κ3) is 8.90. The first-order valence-corrected chi connectivity index (χ1v) is 19.9. The van der Waals surface area contributed by atoms with Gasteiger partial charge in [-0.1, -0.05) is 37.6 Å². The number of ether oxygens (including phenoxy) is 2. The monoisotopic (exact) mass is 799 g/mol.